The van der Waals surface area contributed by atoms with Crippen LogP contribution in [0.2, 0.25) is 0 Å². The smallest absolute Gasteiger partial charge is 0.331 e. The fraction of sp³-hybridized carbons (Fsp3) is 0.611. The number of aliphatic hydroxyl groups excluding tert-OH is 1. The maximum Gasteiger partial charge on any atom is 0.331 e. The van der Waals surface area contributed by atoms with Gasteiger partial charge in [0.15, 0.2) is 0 Å². The normalized spacial score (nSPS) is 15.5. The molecule has 22 heavy (non-hydrogen) atoms. The Labute approximate surface area is 134 Å². The first kappa shape index (κ1) is 20.6. The van der Waals surface area contributed by atoms with Crippen molar-refractivity contribution in [2.45, 2.75) is 64.6 Å². The molecule has 126 valence electrons. The number of ether oxygens (including phenoxy) is 1. The van der Waals surface area contributed by atoms with Gasteiger partial charge in [0, 0.05) is 12.7 Å². The Bertz CT molecular complexity index is 381. The standard InChI is InChI=1S/C18H30O4/c1-15(18(20)21)11-9-10-14-17(22-3)13-8-6-4-5-7-12-16(2)19/h4,6,9-11,16-17,19H,5,7-8,12-14H2,1-3H3,(H,20,21)/b6-4+,10-9+,15-11+/t16-,17-/m0/s1. The van der Waals surface area contributed by atoms with E-state index in [0.717, 1.165) is 38.5 Å². The van der Waals surface area contributed by atoms with Gasteiger partial charge in [-0.15, -0.1) is 0 Å². The number of methoxy groups -OCH3 is 1. The number of aliphatic hydroxyl groups is 1. The largest absolute Gasteiger partial charge is 0.478 e. The molecule has 0 aromatic heterocycles. The van der Waals surface area contributed by atoms with Crippen LogP contribution in [0.25, 0.3) is 0 Å². The van der Waals surface area contributed by atoms with Crippen LogP contribution >= 0.6 is 0 Å². The molecule has 0 spiro atoms. The van der Waals surface area contributed by atoms with Crippen LogP contribution in [0, 0.1) is 0 Å². The number of hydrogen-bond acceptors (Lipinski definition) is 3. The van der Waals surface area contributed by atoms with Gasteiger partial charge in [-0.05, 0) is 52.4 Å². The Balaban J connectivity index is 3.88. The molecule has 4 nitrogen and oxygen atoms in total. The molecule has 0 saturated heterocycles. The van der Waals surface area contributed by atoms with Crippen molar-refractivity contribution in [3.63, 3.8) is 0 Å². The van der Waals surface area contributed by atoms with Gasteiger partial charge in [0.1, 0.15) is 0 Å². The summed E-state index contributed by atoms with van der Waals surface area (Å²) in [6, 6.07) is 0. The third kappa shape index (κ3) is 12.4. The number of aliphatic carboxylic acids is 1. The second-order valence-corrected chi connectivity index (χ2v) is 5.51. The zero-order chi connectivity index (χ0) is 16.8. The number of carbonyl (C=O) groups is 1. The first-order valence-corrected chi connectivity index (χ1v) is 7.90. The summed E-state index contributed by atoms with van der Waals surface area (Å²) in [4.78, 5) is 10.6. The van der Waals surface area contributed by atoms with Crippen molar-refractivity contribution in [1.29, 1.82) is 0 Å². The van der Waals surface area contributed by atoms with E-state index in [1.165, 1.54) is 0 Å². The quantitative estimate of drug-likeness (QED) is 0.248. The molecule has 0 fully saturated rings. The molecule has 2 N–H and O–H groups in total. The van der Waals surface area contributed by atoms with E-state index >= 15 is 0 Å². The fourth-order valence-corrected chi connectivity index (χ4v) is 1.89. The molecular formula is C18H30O4. The van der Waals surface area contributed by atoms with E-state index in [1.807, 2.05) is 13.0 Å². The molecule has 0 aliphatic heterocycles. The second-order valence-electron chi connectivity index (χ2n) is 5.51. The van der Waals surface area contributed by atoms with Crippen LogP contribution in [0.5, 0.6) is 0 Å². The molecule has 0 unspecified atom stereocenters. The summed E-state index contributed by atoms with van der Waals surface area (Å²) in [5.74, 6) is -0.895. The Kier molecular flexibility index (Phi) is 12.4. The predicted molar refractivity (Wildman–Crippen MR) is 89.9 cm³/mol. The topological polar surface area (TPSA) is 66.8 Å². The van der Waals surface area contributed by atoms with Crippen molar-refractivity contribution >= 4 is 5.97 Å². The summed E-state index contributed by atoms with van der Waals surface area (Å²) < 4.78 is 5.41. The first-order chi connectivity index (χ1) is 10.5. The summed E-state index contributed by atoms with van der Waals surface area (Å²) in [5.41, 5.74) is 0.324. The van der Waals surface area contributed by atoms with Crippen LogP contribution in [-0.2, 0) is 9.53 Å². The lowest BCUT2D eigenvalue weighted by Gasteiger charge is -2.11. The van der Waals surface area contributed by atoms with E-state index in [1.54, 1.807) is 26.2 Å². The van der Waals surface area contributed by atoms with Crippen LogP contribution in [0.15, 0.2) is 36.0 Å². The summed E-state index contributed by atoms with van der Waals surface area (Å²) in [7, 11) is 1.70. The summed E-state index contributed by atoms with van der Waals surface area (Å²) >= 11 is 0. The fourth-order valence-electron chi connectivity index (χ4n) is 1.89. The maximum atomic E-state index is 10.6. The minimum absolute atomic E-state index is 0.150. The molecule has 0 saturated carbocycles. The van der Waals surface area contributed by atoms with Crippen LogP contribution in [0.1, 0.15) is 52.4 Å². The van der Waals surface area contributed by atoms with Gasteiger partial charge in [-0.2, -0.15) is 0 Å². The highest BCUT2D eigenvalue weighted by Crippen LogP contribution is 2.09. The van der Waals surface area contributed by atoms with Crippen molar-refractivity contribution in [3.05, 3.63) is 36.0 Å². The van der Waals surface area contributed by atoms with E-state index in [2.05, 4.69) is 12.2 Å². The SMILES string of the molecule is CO[C@H](C/C=C/C=C(\C)C(=O)O)CC/C=C/CCC[C@H](C)O. The van der Waals surface area contributed by atoms with Crippen LogP contribution in [0.3, 0.4) is 0 Å². The van der Waals surface area contributed by atoms with Crippen molar-refractivity contribution in [2.75, 3.05) is 7.11 Å². The van der Waals surface area contributed by atoms with Gasteiger partial charge in [-0.25, -0.2) is 4.79 Å². The monoisotopic (exact) mass is 310 g/mol. The summed E-state index contributed by atoms with van der Waals surface area (Å²) in [5, 5.41) is 17.9. The summed E-state index contributed by atoms with van der Waals surface area (Å²) in [6.07, 6.45) is 15.1. The van der Waals surface area contributed by atoms with E-state index in [9.17, 15) is 4.79 Å². The molecule has 0 aromatic rings. The Hall–Kier alpha value is -1.39. The van der Waals surface area contributed by atoms with Gasteiger partial charge in [-0.1, -0.05) is 30.4 Å². The Morgan fingerprint density at radius 2 is 1.86 bits per heavy atom. The van der Waals surface area contributed by atoms with Crippen molar-refractivity contribution in [2.24, 2.45) is 0 Å². The molecule has 0 aromatic carbocycles. The first-order valence-electron chi connectivity index (χ1n) is 7.90. The lowest BCUT2D eigenvalue weighted by molar-refractivity contribution is -0.132. The minimum atomic E-state index is -0.895. The van der Waals surface area contributed by atoms with Gasteiger partial charge in [0.25, 0.3) is 0 Å². The zero-order valence-electron chi connectivity index (χ0n) is 14.0. The number of allylic oxidation sites excluding steroid dienone is 4. The molecule has 2 atom stereocenters. The van der Waals surface area contributed by atoms with Crippen LogP contribution in [-0.4, -0.2) is 35.5 Å². The second kappa shape index (κ2) is 13.3. The van der Waals surface area contributed by atoms with Gasteiger partial charge in [-0.3, -0.25) is 0 Å². The van der Waals surface area contributed by atoms with E-state index in [-0.39, 0.29) is 12.2 Å². The maximum absolute atomic E-state index is 10.6. The highest BCUT2D eigenvalue weighted by Gasteiger charge is 2.03. The highest BCUT2D eigenvalue weighted by molar-refractivity contribution is 5.86. The molecule has 4 heteroatoms. The predicted octanol–water partition coefficient (Wildman–Crippen LogP) is 3.87. The number of carboxylic acids is 1. The highest BCUT2D eigenvalue weighted by atomic mass is 16.5. The van der Waals surface area contributed by atoms with E-state index in [0.29, 0.717) is 5.57 Å². The number of unbranched alkanes of at least 4 members (excludes halogenated alkanes) is 1. The lowest BCUT2D eigenvalue weighted by Crippen LogP contribution is -2.08. The third-order valence-electron chi connectivity index (χ3n) is 3.37. The van der Waals surface area contributed by atoms with E-state index < -0.39 is 5.97 Å². The molecule has 0 aliphatic rings. The van der Waals surface area contributed by atoms with Crippen molar-refractivity contribution in [1.82, 2.24) is 0 Å². The zero-order valence-corrected chi connectivity index (χ0v) is 14.0. The van der Waals surface area contributed by atoms with Crippen LogP contribution in [0.4, 0.5) is 0 Å². The molecule has 0 heterocycles. The van der Waals surface area contributed by atoms with Crippen molar-refractivity contribution in [3.8, 4) is 0 Å². The lowest BCUT2D eigenvalue weighted by atomic mass is 10.1. The molecule has 0 rings (SSSR count). The Morgan fingerprint density at radius 1 is 1.18 bits per heavy atom. The number of hydrogen-bond donors (Lipinski definition) is 2. The Morgan fingerprint density at radius 3 is 2.45 bits per heavy atom. The molecule has 0 aliphatic carbocycles. The minimum Gasteiger partial charge on any atom is -0.478 e. The van der Waals surface area contributed by atoms with Crippen LogP contribution < -0.4 is 0 Å². The molecule has 0 radical (unpaired) electrons. The third-order valence-corrected chi connectivity index (χ3v) is 3.37. The van der Waals surface area contributed by atoms with Gasteiger partial charge in [0.05, 0.1) is 12.2 Å². The van der Waals surface area contributed by atoms with Gasteiger partial charge in [0.2, 0.25) is 0 Å². The molecular weight excluding hydrogens is 280 g/mol. The van der Waals surface area contributed by atoms with Gasteiger partial charge >= 0.3 is 5.97 Å². The molecule has 0 amide bonds. The van der Waals surface area contributed by atoms with E-state index in [4.69, 9.17) is 14.9 Å². The van der Waals surface area contributed by atoms with Crippen molar-refractivity contribution < 1.29 is 19.7 Å². The summed E-state index contributed by atoms with van der Waals surface area (Å²) in [6.45, 7) is 3.39. The average molecular weight is 310 g/mol. The van der Waals surface area contributed by atoms with Gasteiger partial charge < -0.3 is 14.9 Å². The average Bonchev–Trinajstić information content (AvgIpc) is 2.47. The number of carboxylic acid groups (broad SMARTS) is 1. The molecule has 0 bridgehead atoms. The number of rotatable bonds is 12.